The largest absolute Gasteiger partial charge is 0.481 e. The summed E-state index contributed by atoms with van der Waals surface area (Å²) in [4.78, 5) is 10.8. The number of carboxylic acid groups (broad SMARTS) is 1. The number of hydrogen-bond donors (Lipinski definition) is 1. The summed E-state index contributed by atoms with van der Waals surface area (Å²) in [6, 6.07) is 0. The Morgan fingerprint density at radius 3 is 1.85 bits per heavy atom. The van der Waals surface area contributed by atoms with Gasteiger partial charge in [-0.25, -0.2) is 0 Å². The summed E-state index contributed by atoms with van der Waals surface area (Å²) in [7, 11) is 0. The summed E-state index contributed by atoms with van der Waals surface area (Å²) in [6.45, 7) is 19.6. The van der Waals surface area contributed by atoms with Crippen molar-refractivity contribution < 1.29 is 9.90 Å². The van der Waals surface area contributed by atoms with E-state index < -0.39 is 11.9 Å². The molecule has 0 aromatic rings. The van der Waals surface area contributed by atoms with E-state index in [1.165, 1.54) is 0 Å². The molecule has 118 valence electrons. The van der Waals surface area contributed by atoms with Gasteiger partial charge in [-0.05, 0) is 31.8 Å². The Morgan fingerprint density at radius 2 is 1.55 bits per heavy atom. The molecule has 0 heterocycles. The Morgan fingerprint density at radius 1 is 1.10 bits per heavy atom. The van der Waals surface area contributed by atoms with Gasteiger partial charge in [-0.3, -0.25) is 4.79 Å². The molecule has 0 saturated heterocycles. The summed E-state index contributed by atoms with van der Waals surface area (Å²) in [5.74, 6) is -0.637. The van der Waals surface area contributed by atoms with E-state index in [2.05, 4.69) is 20.4 Å². The van der Waals surface area contributed by atoms with Gasteiger partial charge in [-0.2, -0.15) is 0 Å². The molecule has 1 atom stereocenters. The van der Waals surface area contributed by atoms with Crippen molar-refractivity contribution in [1.82, 2.24) is 0 Å². The highest BCUT2D eigenvalue weighted by Gasteiger charge is 2.11. The number of aliphatic carboxylic acids is 1. The first kappa shape index (κ1) is 23.8. The molecule has 1 N–H and O–H groups in total. The molecule has 2 heteroatoms. The Kier molecular flexibility index (Phi) is 18.7. The minimum absolute atomic E-state index is 0.429. The van der Waals surface area contributed by atoms with E-state index in [0.717, 1.165) is 17.6 Å². The second kappa shape index (κ2) is 15.7. The third kappa shape index (κ3) is 13.1. The second-order valence-electron chi connectivity index (χ2n) is 4.51. The molecule has 0 amide bonds. The van der Waals surface area contributed by atoms with Crippen LogP contribution in [0, 0.1) is 11.8 Å². The molecule has 0 saturated carbocycles. The second-order valence-corrected chi connectivity index (χ2v) is 4.51. The van der Waals surface area contributed by atoms with E-state index in [-0.39, 0.29) is 0 Å². The Labute approximate surface area is 126 Å². The summed E-state index contributed by atoms with van der Waals surface area (Å²) < 4.78 is 0. The molecule has 0 aromatic carbocycles. The fourth-order valence-electron chi connectivity index (χ4n) is 1.27. The van der Waals surface area contributed by atoms with Crippen LogP contribution in [0.25, 0.3) is 0 Å². The highest BCUT2D eigenvalue weighted by atomic mass is 16.4. The average molecular weight is 282 g/mol. The number of hydrogen-bond acceptors (Lipinski definition) is 1. The van der Waals surface area contributed by atoms with Crippen LogP contribution < -0.4 is 0 Å². The summed E-state index contributed by atoms with van der Waals surface area (Å²) in [5, 5.41) is 8.84. The maximum Gasteiger partial charge on any atom is 0.310 e. The maximum absolute atomic E-state index is 10.8. The van der Waals surface area contributed by atoms with Gasteiger partial charge in [-0.1, -0.05) is 71.9 Å². The molecule has 0 aliphatic heterocycles. The van der Waals surface area contributed by atoms with Crippen molar-refractivity contribution in [2.24, 2.45) is 11.8 Å². The molecule has 0 radical (unpaired) electrons. The lowest BCUT2D eigenvalue weighted by molar-refractivity contribution is -0.139. The van der Waals surface area contributed by atoms with E-state index in [4.69, 9.17) is 5.11 Å². The molecule has 20 heavy (non-hydrogen) atoms. The van der Waals surface area contributed by atoms with Gasteiger partial charge >= 0.3 is 5.97 Å². The van der Waals surface area contributed by atoms with Crippen LogP contribution in [0.1, 0.15) is 61.8 Å². The molecule has 0 bridgehead atoms. The van der Waals surface area contributed by atoms with Crippen LogP contribution in [0.15, 0.2) is 36.0 Å². The van der Waals surface area contributed by atoms with Crippen molar-refractivity contribution in [1.29, 1.82) is 0 Å². The molecule has 0 aliphatic rings. The summed E-state index contributed by atoms with van der Waals surface area (Å²) in [5.41, 5.74) is 2.00. The van der Waals surface area contributed by atoms with Crippen LogP contribution in [-0.2, 0) is 4.79 Å². The monoisotopic (exact) mass is 282 g/mol. The minimum Gasteiger partial charge on any atom is -0.481 e. The van der Waals surface area contributed by atoms with E-state index in [0.29, 0.717) is 5.92 Å². The number of allylic oxidation sites excluding steroid dienone is 4. The third-order valence-corrected chi connectivity index (χ3v) is 2.52. The zero-order valence-corrected chi connectivity index (χ0v) is 14.7. The van der Waals surface area contributed by atoms with Crippen molar-refractivity contribution in [2.75, 3.05) is 0 Å². The molecule has 0 spiro atoms. The lowest BCUT2D eigenvalue weighted by Gasteiger charge is -2.07. The minimum atomic E-state index is -0.786. The van der Waals surface area contributed by atoms with Crippen molar-refractivity contribution in [3.8, 4) is 0 Å². The quantitative estimate of drug-likeness (QED) is 0.619. The third-order valence-electron chi connectivity index (χ3n) is 2.52. The first-order valence-corrected chi connectivity index (χ1v) is 7.61. The standard InChI is InChI=1S/C14H22O2.2C2H6/c1-6-13(9-10(2)3)8-7-11(4)12(5)14(15)16;2*1-2/h6-8,10,12H,1,9H2,2-5H3,(H,15,16);2*1-2H3/b11-7+,13-8+;;. The molecule has 0 aromatic heterocycles. The average Bonchev–Trinajstić information content (AvgIpc) is 2.45. The van der Waals surface area contributed by atoms with Crippen molar-refractivity contribution in [3.63, 3.8) is 0 Å². The molecular weight excluding hydrogens is 248 g/mol. The van der Waals surface area contributed by atoms with Crippen molar-refractivity contribution in [3.05, 3.63) is 36.0 Å². The topological polar surface area (TPSA) is 37.3 Å². The van der Waals surface area contributed by atoms with Gasteiger partial charge in [-0.15, -0.1) is 0 Å². The highest BCUT2D eigenvalue weighted by molar-refractivity contribution is 5.73. The van der Waals surface area contributed by atoms with Gasteiger partial charge in [0.05, 0.1) is 5.92 Å². The van der Waals surface area contributed by atoms with Crippen LogP contribution in [0.5, 0.6) is 0 Å². The molecule has 0 fully saturated rings. The smallest absolute Gasteiger partial charge is 0.310 e. The van der Waals surface area contributed by atoms with Crippen LogP contribution >= 0.6 is 0 Å². The van der Waals surface area contributed by atoms with E-state index >= 15 is 0 Å². The van der Waals surface area contributed by atoms with Gasteiger partial charge in [0.15, 0.2) is 0 Å². The highest BCUT2D eigenvalue weighted by Crippen LogP contribution is 2.14. The Hall–Kier alpha value is -1.31. The van der Waals surface area contributed by atoms with Crippen LogP contribution in [-0.4, -0.2) is 11.1 Å². The summed E-state index contributed by atoms with van der Waals surface area (Å²) in [6.07, 6.45) is 6.63. The van der Waals surface area contributed by atoms with Gasteiger partial charge in [0, 0.05) is 0 Å². The zero-order chi connectivity index (χ0) is 16.7. The molecule has 0 rings (SSSR count). The Balaban J connectivity index is -0.000000656. The van der Waals surface area contributed by atoms with Gasteiger partial charge in [0.2, 0.25) is 0 Å². The van der Waals surface area contributed by atoms with Gasteiger partial charge in [0.25, 0.3) is 0 Å². The molecule has 1 unspecified atom stereocenters. The number of carbonyl (C=O) groups is 1. The lowest BCUT2D eigenvalue weighted by Crippen LogP contribution is -2.10. The molecule has 0 aliphatic carbocycles. The van der Waals surface area contributed by atoms with E-state index in [1.54, 1.807) is 6.92 Å². The normalized spacial score (nSPS) is 12.7. The van der Waals surface area contributed by atoms with Gasteiger partial charge in [0.1, 0.15) is 0 Å². The molecule has 2 nitrogen and oxygen atoms in total. The van der Waals surface area contributed by atoms with Crippen LogP contribution in [0.4, 0.5) is 0 Å². The first-order chi connectivity index (χ1) is 9.38. The first-order valence-electron chi connectivity index (χ1n) is 7.61. The van der Waals surface area contributed by atoms with Crippen molar-refractivity contribution >= 4 is 5.97 Å². The van der Waals surface area contributed by atoms with Gasteiger partial charge < -0.3 is 5.11 Å². The fourth-order valence-corrected chi connectivity index (χ4v) is 1.27. The molecular formula is C18H34O2. The predicted molar refractivity (Wildman–Crippen MR) is 91.0 cm³/mol. The van der Waals surface area contributed by atoms with Crippen LogP contribution in [0.3, 0.4) is 0 Å². The van der Waals surface area contributed by atoms with E-state index in [1.807, 2.05) is 52.8 Å². The Bertz CT molecular complexity index is 309. The zero-order valence-electron chi connectivity index (χ0n) is 14.7. The lowest BCUT2D eigenvalue weighted by atomic mass is 9.99. The fraction of sp³-hybridized carbons (Fsp3) is 0.611. The predicted octanol–water partition coefficient (Wildman–Crippen LogP) is 5.86. The number of rotatable bonds is 6. The number of carboxylic acids is 1. The maximum atomic E-state index is 10.8. The summed E-state index contributed by atoms with van der Waals surface area (Å²) >= 11 is 0. The van der Waals surface area contributed by atoms with E-state index in [9.17, 15) is 4.79 Å². The van der Waals surface area contributed by atoms with Crippen LogP contribution in [0.2, 0.25) is 0 Å². The van der Waals surface area contributed by atoms with Crippen molar-refractivity contribution in [2.45, 2.75) is 61.8 Å². The SMILES string of the molecule is C=C/C(=C\C=C(/C)C(C)C(=O)O)CC(C)C.CC.CC.